The van der Waals surface area contributed by atoms with E-state index in [0.29, 0.717) is 5.82 Å². The summed E-state index contributed by atoms with van der Waals surface area (Å²) in [7, 11) is 0. The van der Waals surface area contributed by atoms with E-state index >= 15 is 0 Å². The lowest BCUT2D eigenvalue weighted by Gasteiger charge is -2.14. The molecule has 0 atom stereocenters. The number of pyridine rings is 1. The van der Waals surface area contributed by atoms with Crippen LogP contribution in [0.25, 0.3) is 121 Å². The van der Waals surface area contributed by atoms with Gasteiger partial charge in [-0.3, -0.25) is 4.98 Å². The van der Waals surface area contributed by atoms with Crippen molar-refractivity contribution in [2.75, 3.05) is 0 Å². The molecule has 0 saturated carbocycles. The van der Waals surface area contributed by atoms with Gasteiger partial charge in [0, 0.05) is 29.1 Å². The number of benzene rings is 10. The van der Waals surface area contributed by atoms with Crippen LogP contribution in [0.3, 0.4) is 0 Å². The zero-order chi connectivity index (χ0) is 39.6. The Morgan fingerprint density at radius 2 is 0.767 bits per heavy atom. The van der Waals surface area contributed by atoms with Gasteiger partial charge in [0.15, 0.2) is 5.82 Å². The minimum Gasteiger partial charge on any atom is -0.265 e. The van der Waals surface area contributed by atoms with Crippen LogP contribution >= 0.6 is 0 Å². The second-order valence-corrected chi connectivity index (χ2v) is 15.6. The highest BCUT2D eigenvalue weighted by atomic mass is 14.9. The van der Waals surface area contributed by atoms with Crippen molar-refractivity contribution in [3.8, 4) is 67.3 Å². The van der Waals surface area contributed by atoms with Gasteiger partial charge in [0.1, 0.15) is 0 Å². The zero-order valence-electron chi connectivity index (χ0n) is 32.5. The first kappa shape index (κ1) is 34.1. The second kappa shape index (κ2) is 13.8. The summed E-state index contributed by atoms with van der Waals surface area (Å²) in [4.78, 5) is 14.7. The lowest BCUT2D eigenvalue weighted by Crippen LogP contribution is -1.96. The molecule has 0 aliphatic rings. The molecule has 0 fully saturated rings. The van der Waals surface area contributed by atoms with E-state index in [1.807, 2.05) is 24.5 Å². The molecule has 0 radical (unpaired) electrons. The van der Waals surface area contributed by atoms with E-state index in [2.05, 4.69) is 193 Å². The summed E-state index contributed by atoms with van der Waals surface area (Å²) in [6.45, 7) is 0. The van der Waals surface area contributed by atoms with Crippen LogP contribution in [-0.4, -0.2) is 15.0 Å². The molecule has 0 unspecified atom stereocenters. The van der Waals surface area contributed by atoms with E-state index in [1.54, 1.807) is 0 Å². The first-order valence-corrected chi connectivity index (χ1v) is 20.4. The van der Waals surface area contributed by atoms with Gasteiger partial charge in [0.25, 0.3) is 0 Å². The van der Waals surface area contributed by atoms with Gasteiger partial charge >= 0.3 is 0 Å². The molecular weight excluding hydrogens is 727 g/mol. The van der Waals surface area contributed by atoms with E-state index in [0.717, 1.165) is 44.8 Å². The van der Waals surface area contributed by atoms with E-state index in [9.17, 15) is 0 Å². The van der Waals surface area contributed by atoms with Gasteiger partial charge in [-0.05, 0) is 112 Å². The molecule has 60 heavy (non-hydrogen) atoms. The highest BCUT2D eigenvalue weighted by Crippen LogP contribution is 2.40. The van der Waals surface area contributed by atoms with Gasteiger partial charge in [-0.25, -0.2) is 9.97 Å². The fourth-order valence-corrected chi connectivity index (χ4v) is 9.15. The Morgan fingerprint density at radius 1 is 0.267 bits per heavy atom. The molecule has 0 amide bonds. The van der Waals surface area contributed by atoms with E-state index in [-0.39, 0.29) is 0 Å². The molecule has 2 aromatic heterocycles. The molecule has 10 aromatic carbocycles. The van der Waals surface area contributed by atoms with Gasteiger partial charge in [-0.1, -0.05) is 176 Å². The third kappa shape index (κ3) is 5.71. The maximum absolute atomic E-state index is 5.25. The molecular formula is C57H35N3. The van der Waals surface area contributed by atoms with Gasteiger partial charge in [-0.2, -0.15) is 0 Å². The van der Waals surface area contributed by atoms with Crippen LogP contribution in [0, 0.1) is 0 Å². The molecule has 0 aliphatic carbocycles. The van der Waals surface area contributed by atoms with Crippen molar-refractivity contribution in [3.05, 3.63) is 213 Å². The van der Waals surface area contributed by atoms with Gasteiger partial charge < -0.3 is 0 Å². The van der Waals surface area contributed by atoms with Crippen LogP contribution in [0.5, 0.6) is 0 Å². The molecule has 12 aromatic rings. The van der Waals surface area contributed by atoms with Crippen LogP contribution in [0.2, 0.25) is 0 Å². The Balaban J connectivity index is 0.954. The van der Waals surface area contributed by atoms with Crippen molar-refractivity contribution >= 4 is 53.9 Å². The minimum absolute atomic E-state index is 0.687. The van der Waals surface area contributed by atoms with Gasteiger partial charge in [0.2, 0.25) is 0 Å². The number of rotatable bonds is 6. The smallest absolute Gasteiger partial charge is 0.160 e. The zero-order valence-corrected chi connectivity index (χ0v) is 32.5. The van der Waals surface area contributed by atoms with Crippen LogP contribution in [0.15, 0.2) is 213 Å². The SMILES string of the molecule is c1ccc2c(c1)cc(-c1ccc(-c3cc(-c4ccc(-c5ccncc5)cc4)nc(-c4ccc(-c5ccc6ccc7cccc8ccc5c6c78)cc4)n3)cc1)c1ccccc12. The maximum Gasteiger partial charge on any atom is 0.160 e. The minimum atomic E-state index is 0.687. The first-order chi connectivity index (χ1) is 29.7. The van der Waals surface area contributed by atoms with Gasteiger partial charge in [0.05, 0.1) is 11.4 Å². The summed E-state index contributed by atoms with van der Waals surface area (Å²) in [6, 6.07) is 72.1. The summed E-state index contributed by atoms with van der Waals surface area (Å²) in [6.07, 6.45) is 3.66. The lowest BCUT2D eigenvalue weighted by atomic mass is 9.90. The Hall–Kier alpha value is -8.01. The molecule has 3 nitrogen and oxygen atoms in total. The average molecular weight is 762 g/mol. The average Bonchev–Trinajstić information content (AvgIpc) is 3.33. The molecule has 12 rings (SSSR count). The van der Waals surface area contributed by atoms with Crippen molar-refractivity contribution in [1.82, 2.24) is 15.0 Å². The number of nitrogens with zero attached hydrogens (tertiary/aromatic N) is 3. The fraction of sp³-hybridized carbons (Fsp3) is 0. The highest BCUT2D eigenvalue weighted by molar-refractivity contribution is 6.25. The standard InChI is InChI=1S/C57H35N3/c1-2-9-47-46(6-1)34-52(50-11-4-3-10-49(47)50)39-14-20-41(21-15-39)54-35-53(40-18-12-36(13-19-40)37-30-32-58-33-31-37)59-57(60-54)45-24-16-38(17-25-45)48-28-26-44-23-22-42-7-5-8-43-27-29-51(48)56(44)55(42)43/h1-35H. The molecule has 278 valence electrons. The number of aromatic nitrogens is 3. The highest BCUT2D eigenvalue weighted by Gasteiger charge is 2.15. The molecule has 0 N–H and O–H groups in total. The largest absolute Gasteiger partial charge is 0.265 e. The van der Waals surface area contributed by atoms with E-state index < -0.39 is 0 Å². The molecule has 0 aliphatic heterocycles. The van der Waals surface area contributed by atoms with Crippen molar-refractivity contribution in [2.45, 2.75) is 0 Å². The first-order valence-electron chi connectivity index (χ1n) is 20.4. The molecule has 0 spiro atoms. The monoisotopic (exact) mass is 761 g/mol. The quantitative estimate of drug-likeness (QED) is 0.158. The third-order valence-corrected chi connectivity index (χ3v) is 12.2. The van der Waals surface area contributed by atoms with Gasteiger partial charge in [-0.15, -0.1) is 0 Å². The lowest BCUT2D eigenvalue weighted by molar-refractivity contribution is 1.18. The van der Waals surface area contributed by atoms with Crippen LogP contribution in [0.4, 0.5) is 0 Å². The molecule has 3 heteroatoms. The normalized spacial score (nSPS) is 11.7. The Kier molecular flexibility index (Phi) is 7.85. The summed E-state index contributed by atoms with van der Waals surface area (Å²) in [5, 5.41) is 12.7. The number of hydrogen-bond donors (Lipinski definition) is 0. The van der Waals surface area contributed by atoms with Crippen molar-refractivity contribution in [2.24, 2.45) is 0 Å². The molecule has 2 heterocycles. The molecule has 0 saturated heterocycles. The Bertz CT molecular complexity index is 3540. The van der Waals surface area contributed by atoms with E-state index in [1.165, 1.54) is 70.6 Å². The number of fused-ring (bicyclic) bond motifs is 3. The topological polar surface area (TPSA) is 38.7 Å². The third-order valence-electron chi connectivity index (χ3n) is 12.2. The summed E-state index contributed by atoms with van der Waals surface area (Å²) >= 11 is 0. The van der Waals surface area contributed by atoms with E-state index in [4.69, 9.17) is 9.97 Å². The summed E-state index contributed by atoms with van der Waals surface area (Å²) in [5.74, 6) is 0.687. The predicted octanol–water partition coefficient (Wildman–Crippen LogP) is 15.1. The summed E-state index contributed by atoms with van der Waals surface area (Å²) in [5.41, 5.74) is 11.8. The van der Waals surface area contributed by atoms with Crippen LogP contribution in [-0.2, 0) is 0 Å². The Morgan fingerprint density at radius 3 is 1.47 bits per heavy atom. The number of hydrogen-bond acceptors (Lipinski definition) is 3. The predicted molar refractivity (Wildman–Crippen MR) is 251 cm³/mol. The summed E-state index contributed by atoms with van der Waals surface area (Å²) < 4.78 is 0. The Labute approximate surface area is 347 Å². The molecule has 0 bridgehead atoms. The fourth-order valence-electron chi connectivity index (χ4n) is 9.15. The van der Waals surface area contributed by atoms with Crippen LogP contribution < -0.4 is 0 Å². The van der Waals surface area contributed by atoms with Crippen molar-refractivity contribution in [3.63, 3.8) is 0 Å². The van der Waals surface area contributed by atoms with Crippen molar-refractivity contribution < 1.29 is 0 Å². The van der Waals surface area contributed by atoms with Crippen LogP contribution in [0.1, 0.15) is 0 Å². The maximum atomic E-state index is 5.25. The van der Waals surface area contributed by atoms with Crippen molar-refractivity contribution in [1.29, 1.82) is 0 Å². The second-order valence-electron chi connectivity index (χ2n) is 15.6.